The number of ketones is 1. The highest BCUT2D eigenvalue weighted by Gasteiger charge is 2.23. The Morgan fingerprint density at radius 2 is 2.00 bits per heavy atom. The van der Waals surface area contributed by atoms with Crippen LogP contribution in [0.4, 0.5) is 0 Å². The number of pyridine rings is 2. The van der Waals surface area contributed by atoms with Crippen LogP contribution in [-0.2, 0) is 11.2 Å². The van der Waals surface area contributed by atoms with Crippen LogP contribution < -0.4 is 0 Å². The molecule has 0 aliphatic carbocycles. The smallest absolute Gasteiger partial charge is 0.142 e. The second kappa shape index (κ2) is 6.98. The number of hydrogen-bond donors (Lipinski definition) is 0. The molecule has 0 atom stereocenters. The molecular weight excluding hydrogens is 332 g/mol. The van der Waals surface area contributed by atoms with E-state index in [0.29, 0.717) is 12.2 Å². The molecule has 3 aromatic heterocycles. The van der Waals surface area contributed by atoms with Gasteiger partial charge in [0.25, 0.3) is 0 Å². The molecule has 1 fully saturated rings. The summed E-state index contributed by atoms with van der Waals surface area (Å²) < 4.78 is 4.15. The Bertz CT molecular complexity index is 886. The number of carbonyl (C=O) groups is 1. The quantitative estimate of drug-likeness (QED) is 0.722. The lowest BCUT2D eigenvalue weighted by Crippen LogP contribution is -2.34. The van der Waals surface area contributed by atoms with Crippen molar-refractivity contribution < 1.29 is 4.79 Å². The van der Waals surface area contributed by atoms with Gasteiger partial charge in [0.1, 0.15) is 5.78 Å². The van der Waals surface area contributed by atoms with Gasteiger partial charge in [-0.25, -0.2) is 4.37 Å². The zero-order valence-electron chi connectivity index (χ0n) is 14.2. The van der Waals surface area contributed by atoms with Crippen LogP contribution in [0.25, 0.3) is 22.0 Å². The van der Waals surface area contributed by atoms with Crippen LogP contribution in [0.15, 0.2) is 36.1 Å². The summed E-state index contributed by atoms with van der Waals surface area (Å²) in [5, 5.41) is 3.03. The van der Waals surface area contributed by atoms with Gasteiger partial charge in [-0.1, -0.05) is 0 Å². The maximum Gasteiger partial charge on any atom is 0.142 e. The predicted molar refractivity (Wildman–Crippen MR) is 99.6 cm³/mol. The van der Waals surface area contributed by atoms with Gasteiger partial charge in [-0.2, -0.15) is 0 Å². The Kier molecular flexibility index (Phi) is 4.55. The van der Waals surface area contributed by atoms with Crippen molar-refractivity contribution in [1.82, 2.24) is 19.2 Å². The summed E-state index contributed by atoms with van der Waals surface area (Å²) in [4.78, 5) is 23.8. The first-order valence-electron chi connectivity index (χ1n) is 8.55. The van der Waals surface area contributed by atoms with Crippen molar-refractivity contribution in [3.63, 3.8) is 0 Å². The molecule has 0 amide bonds. The summed E-state index contributed by atoms with van der Waals surface area (Å²) in [7, 11) is 2.11. The fourth-order valence-corrected chi connectivity index (χ4v) is 3.88. The van der Waals surface area contributed by atoms with Gasteiger partial charge < -0.3 is 4.90 Å². The Balaban J connectivity index is 1.54. The minimum absolute atomic E-state index is 0.176. The number of piperidine rings is 1. The Labute approximate surface area is 150 Å². The van der Waals surface area contributed by atoms with E-state index in [4.69, 9.17) is 0 Å². The SMILES string of the molecule is CN1CCC(C(=O)Cc2cc3cc(-c4cnsc4)cnc3cn2)CC1. The van der Waals surface area contributed by atoms with Crippen LogP contribution in [0, 0.1) is 5.92 Å². The highest BCUT2D eigenvalue weighted by Crippen LogP contribution is 2.24. The average molecular weight is 352 g/mol. The number of nitrogens with zero attached hydrogens (tertiary/aromatic N) is 4. The van der Waals surface area contributed by atoms with Crippen molar-refractivity contribution in [2.45, 2.75) is 19.3 Å². The first kappa shape index (κ1) is 16.3. The van der Waals surface area contributed by atoms with Crippen LogP contribution in [0.5, 0.6) is 0 Å². The van der Waals surface area contributed by atoms with Crippen molar-refractivity contribution in [2.75, 3.05) is 20.1 Å². The molecule has 0 N–H and O–H groups in total. The van der Waals surface area contributed by atoms with Gasteiger partial charge in [0, 0.05) is 52.3 Å². The molecule has 0 bridgehead atoms. The van der Waals surface area contributed by atoms with Gasteiger partial charge in [0.05, 0.1) is 11.7 Å². The van der Waals surface area contributed by atoms with Gasteiger partial charge in [0.2, 0.25) is 0 Å². The van der Waals surface area contributed by atoms with E-state index in [0.717, 1.165) is 53.7 Å². The van der Waals surface area contributed by atoms with Crippen molar-refractivity contribution in [1.29, 1.82) is 0 Å². The third kappa shape index (κ3) is 3.60. The molecule has 1 aliphatic heterocycles. The number of Topliss-reactive ketones (excluding diaryl/α,β-unsaturated/α-hetero) is 1. The molecule has 6 heteroatoms. The number of fused-ring (bicyclic) bond motifs is 1. The van der Waals surface area contributed by atoms with E-state index in [-0.39, 0.29) is 5.92 Å². The minimum Gasteiger partial charge on any atom is -0.306 e. The van der Waals surface area contributed by atoms with Gasteiger partial charge in [-0.15, -0.1) is 0 Å². The van der Waals surface area contributed by atoms with E-state index < -0.39 is 0 Å². The topological polar surface area (TPSA) is 59.0 Å². The Hall–Kier alpha value is -2.18. The van der Waals surface area contributed by atoms with E-state index in [1.165, 1.54) is 11.5 Å². The van der Waals surface area contributed by atoms with E-state index in [1.807, 2.05) is 23.8 Å². The number of carbonyl (C=O) groups excluding carboxylic acids is 1. The average Bonchev–Trinajstić information content (AvgIpc) is 3.16. The van der Waals surface area contributed by atoms with Crippen molar-refractivity contribution >= 4 is 28.2 Å². The molecule has 1 saturated heterocycles. The summed E-state index contributed by atoms with van der Waals surface area (Å²) in [6, 6.07) is 4.09. The van der Waals surface area contributed by atoms with Gasteiger partial charge in [0.15, 0.2) is 0 Å². The summed E-state index contributed by atoms with van der Waals surface area (Å²) in [6.07, 6.45) is 7.78. The van der Waals surface area contributed by atoms with Crippen LogP contribution in [-0.4, -0.2) is 45.2 Å². The number of likely N-dealkylation sites (tertiary alicyclic amines) is 1. The molecule has 0 spiro atoms. The van der Waals surface area contributed by atoms with E-state index in [2.05, 4.69) is 32.4 Å². The summed E-state index contributed by atoms with van der Waals surface area (Å²) in [6.45, 7) is 2.01. The first-order chi connectivity index (χ1) is 12.2. The third-order valence-corrected chi connectivity index (χ3v) is 5.51. The van der Waals surface area contributed by atoms with E-state index >= 15 is 0 Å². The molecule has 0 aromatic carbocycles. The Morgan fingerprint density at radius 3 is 2.76 bits per heavy atom. The first-order valence-corrected chi connectivity index (χ1v) is 9.38. The van der Waals surface area contributed by atoms with Crippen LogP contribution in [0.2, 0.25) is 0 Å². The van der Waals surface area contributed by atoms with Gasteiger partial charge >= 0.3 is 0 Å². The molecule has 0 radical (unpaired) electrons. The standard InChI is InChI=1S/C19H20N4OS/c1-23-4-2-13(3-5-23)19(24)8-17-7-14-6-15(16-10-22-25-12-16)9-21-18(14)11-20-17/h6-7,9-13H,2-5,8H2,1H3. The largest absolute Gasteiger partial charge is 0.306 e. The highest BCUT2D eigenvalue weighted by molar-refractivity contribution is 7.03. The second-order valence-corrected chi connectivity index (χ2v) is 7.38. The van der Waals surface area contributed by atoms with Crippen LogP contribution in [0.1, 0.15) is 18.5 Å². The second-order valence-electron chi connectivity index (χ2n) is 6.73. The lowest BCUT2D eigenvalue weighted by Gasteiger charge is -2.27. The predicted octanol–water partition coefficient (Wildman–Crippen LogP) is 3.21. The van der Waals surface area contributed by atoms with E-state index in [1.54, 1.807) is 6.20 Å². The molecule has 4 heterocycles. The molecule has 3 aromatic rings. The van der Waals surface area contributed by atoms with Gasteiger partial charge in [-0.05, 0) is 56.6 Å². The fraction of sp³-hybridized carbons (Fsp3) is 0.368. The molecular formula is C19H20N4OS. The zero-order valence-corrected chi connectivity index (χ0v) is 15.0. The number of aromatic nitrogens is 3. The van der Waals surface area contributed by atoms with Crippen LogP contribution >= 0.6 is 11.5 Å². The van der Waals surface area contributed by atoms with Crippen molar-refractivity contribution in [3.8, 4) is 11.1 Å². The lowest BCUT2D eigenvalue weighted by atomic mass is 9.90. The normalized spacial score (nSPS) is 16.4. The Morgan fingerprint density at radius 1 is 1.16 bits per heavy atom. The van der Waals surface area contributed by atoms with Crippen molar-refractivity contribution in [2.24, 2.45) is 5.92 Å². The fourth-order valence-electron chi connectivity index (χ4n) is 3.33. The summed E-state index contributed by atoms with van der Waals surface area (Å²) in [5.74, 6) is 0.487. The van der Waals surface area contributed by atoms with Gasteiger partial charge in [-0.3, -0.25) is 14.8 Å². The molecule has 4 rings (SSSR count). The molecule has 5 nitrogen and oxygen atoms in total. The lowest BCUT2D eigenvalue weighted by molar-refractivity contribution is -0.123. The maximum absolute atomic E-state index is 12.6. The third-order valence-electron chi connectivity index (χ3n) is 4.92. The zero-order chi connectivity index (χ0) is 17.2. The number of rotatable bonds is 4. The summed E-state index contributed by atoms with van der Waals surface area (Å²) in [5.41, 5.74) is 3.79. The number of hydrogen-bond acceptors (Lipinski definition) is 6. The molecule has 1 aliphatic rings. The van der Waals surface area contributed by atoms with Crippen LogP contribution in [0.3, 0.4) is 0 Å². The molecule has 25 heavy (non-hydrogen) atoms. The molecule has 128 valence electrons. The molecule has 0 unspecified atom stereocenters. The van der Waals surface area contributed by atoms with E-state index in [9.17, 15) is 4.79 Å². The highest BCUT2D eigenvalue weighted by atomic mass is 32.1. The minimum atomic E-state index is 0.176. The maximum atomic E-state index is 12.6. The summed E-state index contributed by atoms with van der Waals surface area (Å²) >= 11 is 1.43. The molecule has 0 saturated carbocycles. The van der Waals surface area contributed by atoms with Crippen molar-refractivity contribution in [3.05, 3.63) is 41.8 Å². The monoisotopic (exact) mass is 352 g/mol.